The van der Waals surface area contributed by atoms with E-state index >= 15 is 0 Å². The van der Waals surface area contributed by atoms with Crippen LogP contribution in [-0.4, -0.2) is 55.3 Å². The maximum Gasteiger partial charge on any atom is 0.244 e. The summed E-state index contributed by atoms with van der Waals surface area (Å²) in [6.07, 6.45) is 0.851. The minimum Gasteiger partial charge on any atom is -0.334 e. The van der Waals surface area contributed by atoms with Gasteiger partial charge in [-0.05, 0) is 58.1 Å². The lowest BCUT2D eigenvalue weighted by molar-refractivity contribution is -0.132. The van der Waals surface area contributed by atoms with Gasteiger partial charge in [0.15, 0.2) is 0 Å². The van der Waals surface area contributed by atoms with Gasteiger partial charge in [0.25, 0.3) is 0 Å². The third-order valence-electron chi connectivity index (χ3n) is 3.69. The number of rotatable bonds is 7. The van der Waals surface area contributed by atoms with E-state index < -0.39 is 0 Å². The van der Waals surface area contributed by atoms with E-state index in [-0.39, 0.29) is 18.4 Å². The van der Waals surface area contributed by atoms with Crippen LogP contribution in [0.2, 0.25) is 0 Å². The third kappa shape index (κ3) is 5.85. The number of carbonyl (C=O) groups excluding carboxylic acids is 2. The minimum absolute atomic E-state index is 0.0742. The van der Waals surface area contributed by atoms with Gasteiger partial charge in [-0.3, -0.25) is 9.59 Å². The molecule has 0 saturated carbocycles. The van der Waals surface area contributed by atoms with Gasteiger partial charge in [-0.25, -0.2) is 0 Å². The van der Waals surface area contributed by atoms with E-state index in [1.165, 1.54) is 6.92 Å². The maximum absolute atomic E-state index is 12.2. The zero-order valence-corrected chi connectivity index (χ0v) is 14.3. The maximum atomic E-state index is 12.2. The Morgan fingerprint density at radius 1 is 1.14 bits per heavy atom. The summed E-state index contributed by atoms with van der Waals surface area (Å²) in [6, 6.07) is 5.80. The van der Waals surface area contributed by atoms with Gasteiger partial charge in [0, 0.05) is 19.2 Å². The van der Waals surface area contributed by atoms with Crippen molar-refractivity contribution in [3.05, 3.63) is 29.3 Å². The Balaban J connectivity index is 2.60. The predicted octanol–water partition coefficient (Wildman–Crippen LogP) is 2.04. The second-order valence-electron chi connectivity index (χ2n) is 5.89. The number of hydrogen-bond acceptors (Lipinski definition) is 3. The van der Waals surface area contributed by atoms with Crippen LogP contribution in [0.3, 0.4) is 0 Å². The van der Waals surface area contributed by atoms with Crippen LogP contribution in [0.25, 0.3) is 0 Å². The number of amides is 2. The van der Waals surface area contributed by atoms with E-state index in [0.29, 0.717) is 6.54 Å². The molecule has 5 nitrogen and oxygen atoms in total. The molecule has 5 heteroatoms. The van der Waals surface area contributed by atoms with Crippen LogP contribution in [0.5, 0.6) is 0 Å². The van der Waals surface area contributed by atoms with Gasteiger partial charge in [-0.2, -0.15) is 0 Å². The molecule has 0 saturated heterocycles. The van der Waals surface area contributed by atoms with Crippen molar-refractivity contribution in [2.24, 2.45) is 0 Å². The topological polar surface area (TPSA) is 52.7 Å². The number of anilines is 1. The summed E-state index contributed by atoms with van der Waals surface area (Å²) in [6.45, 7) is 7.06. The number of nitrogens with zero attached hydrogens (tertiary/aromatic N) is 2. The second-order valence-corrected chi connectivity index (χ2v) is 5.89. The SMILES string of the molecule is CC(=O)N(CCCN(C)C)CC(=O)Nc1cccc(C)c1C. The highest BCUT2D eigenvalue weighted by molar-refractivity contribution is 5.95. The summed E-state index contributed by atoms with van der Waals surface area (Å²) in [4.78, 5) is 27.5. The van der Waals surface area contributed by atoms with Crippen molar-refractivity contribution >= 4 is 17.5 Å². The molecule has 1 aromatic rings. The first-order valence-corrected chi connectivity index (χ1v) is 7.57. The van der Waals surface area contributed by atoms with Gasteiger partial charge in [0.2, 0.25) is 11.8 Å². The average Bonchev–Trinajstić information content (AvgIpc) is 2.42. The largest absolute Gasteiger partial charge is 0.334 e. The Morgan fingerprint density at radius 3 is 2.41 bits per heavy atom. The van der Waals surface area contributed by atoms with Crippen LogP contribution in [0.1, 0.15) is 24.5 Å². The fourth-order valence-electron chi connectivity index (χ4n) is 2.18. The molecule has 0 heterocycles. The molecule has 0 fully saturated rings. The Bertz CT molecular complexity index is 527. The highest BCUT2D eigenvalue weighted by atomic mass is 16.2. The smallest absolute Gasteiger partial charge is 0.244 e. The quantitative estimate of drug-likeness (QED) is 0.839. The summed E-state index contributed by atoms with van der Waals surface area (Å²) in [5.41, 5.74) is 2.99. The average molecular weight is 305 g/mol. The molecule has 2 amide bonds. The Labute approximate surface area is 133 Å². The van der Waals surface area contributed by atoms with Crippen LogP contribution in [0, 0.1) is 13.8 Å². The monoisotopic (exact) mass is 305 g/mol. The van der Waals surface area contributed by atoms with Crippen molar-refractivity contribution in [2.45, 2.75) is 27.2 Å². The third-order valence-corrected chi connectivity index (χ3v) is 3.69. The Morgan fingerprint density at radius 2 is 1.82 bits per heavy atom. The van der Waals surface area contributed by atoms with E-state index in [4.69, 9.17) is 0 Å². The van der Waals surface area contributed by atoms with Gasteiger partial charge in [0.05, 0.1) is 6.54 Å². The van der Waals surface area contributed by atoms with E-state index in [2.05, 4.69) is 10.2 Å². The summed E-state index contributed by atoms with van der Waals surface area (Å²) >= 11 is 0. The molecule has 0 aliphatic carbocycles. The van der Waals surface area contributed by atoms with Gasteiger partial charge >= 0.3 is 0 Å². The van der Waals surface area contributed by atoms with Crippen LogP contribution < -0.4 is 5.32 Å². The van der Waals surface area contributed by atoms with Crippen molar-refractivity contribution in [1.82, 2.24) is 9.80 Å². The van der Waals surface area contributed by atoms with Crippen LogP contribution >= 0.6 is 0 Å². The summed E-state index contributed by atoms with van der Waals surface area (Å²) in [5.74, 6) is -0.233. The Kier molecular flexibility index (Phi) is 7.05. The number of aryl methyl sites for hydroxylation is 1. The zero-order valence-electron chi connectivity index (χ0n) is 14.3. The van der Waals surface area contributed by atoms with Crippen molar-refractivity contribution < 1.29 is 9.59 Å². The van der Waals surface area contributed by atoms with Crippen LogP contribution in [0.15, 0.2) is 18.2 Å². The van der Waals surface area contributed by atoms with Crippen molar-refractivity contribution in [3.63, 3.8) is 0 Å². The number of nitrogens with one attached hydrogen (secondary N) is 1. The van der Waals surface area contributed by atoms with Crippen LogP contribution in [0.4, 0.5) is 5.69 Å². The fraction of sp³-hybridized carbons (Fsp3) is 0.529. The first kappa shape index (κ1) is 18.2. The molecule has 0 aliphatic rings. The van der Waals surface area contributed by atoms with E-state index in [1.54, 1.807) is 4.90 Å². The standard InChI is InChI=1S/C17H27N3O2/c1-13-8-6-9-16(14(13)2)18-17(22)12-20(15(3)21)11-7-10-19(4)5/h6,8-9H,7,10-12H2,1-5H3,(H,18,22). The molecular weight excluding hydrogens is 278 g/mol. The molecule has 0 atom stereocenters. The number of hydrogen-bond donors (Lipinski definition) is 1. The lowest BCUT2D eigenvalue weighted by Gasteiger charge is -2.22. The highest BCUT2D eigenvalue weighted by Crippen LogP contribution is 2.17. The van der Waals surface area contributed by atoms with E-state index in [9.17, 15) is 9.59 Å². The molecule has 0 spiro atoms. The molecule has 0 radical (unpaired) electrons. The molecular formula is C17H27N3O2. The van der Waals surface area contributed by atoms with Gasteiger partial charge in [0.1, 0.15) is 0 Å². The van der Waals surface area contributed by atoms with Crippen LogP contribution in [-0.2, 0) is 9.59 Å². The molecule has 1 rings (SSSR count). The fourth-order valence-corrected chi connectivity index (χ4v) is 2.18. The van der Waals surface area contributed by atoms with E-state index in [1.807, 2.05) is 46.1 Å². The van der Waals surface area contributed by atoms with E-state index in [0.717, 1.165) is 29.8 Å². The predicted molar refractivity (Wildman–Crippen MR) is 90.0 cm³/mol. The zero-order chi connectivity index (χ0) is 16.7. The van der Waals surface area contributed by atoms with Crippen molar-refractivity contribution in [3.8, 4) is 0 Å². The lowest BCUT2D eigenvalue weighted by atomic mass is 10.1. The summed E-state index contributed by atoms with van der Waals surface area (Å²) in [7, 11) is 3.98. The highest BCUT2D eigenvalue weighted by Gasteiger charge is 2.14. The van der Waals surface area contributed by atoms with Gasteiger partial charge in [-0.15, -0.1) is 0 Å². The van der Waals surface area contributed by atoms with Gasteiger partial charge < -0.3 is 15.1 Å². The molecule has 1 aromatic carbocycles. The van der Waals surface area contributed by atoms with Crippen molar-refractivity contribution in [2.75, 3.05) is 39.0 Å². The molecule has 0 unspecified atom stereocenters. The first-order valence-electron chi connectivity index (χ1n) is 7.57. The van der Waals surface area contributed by atoms with Gasteiger partial charge in [-0.1, -0.05) is 12.1 Å². The molecule has 0 aliphatic heterocycles. The molecule has 122 valence electrons. The normalized spacial score (nSPS) is 10.6. The second kappa shape index (κ2) is 8.54. The minimum atomic E-state index is -0.159. The first-order chi connectivity index (χ1) is 10.3. The number of benzene rings is 1. The number of carbonyl (C=O) groups is 2. The molecule has 0 aromatic heterocycles. The molecule has 1 N–H and O–H groups in total. The summed E-state index contributed by atoms with van der Waals surface area (Å²) in [5, 5.41) is 2.89. The lowest BCUT2D eigenvalue weighted by Crippen LogP contribution is -2.38. The summed E-state index contributed by atoms with van der Waals surface area (Å²) < 4.78 is 0. The Hall–Kier alpha value is -1.88. The molecule has 22 heavy (non-hydrogen) atoms. The van der Waals surface area contributed by atoms with Crippen molar-refractivity contribution in [1.29, 1.82) is 0 Å². The molecule has 0 bridgehead atoms.